The number of sulfonamides is 1. The van der Waals surface area contributed by atoms with Crippen LogP contribution in [0.2, 0.25) is 0 Å². The van der Waals surface area contributed by atoms with Crippen LogP contribution >= 0.6 is 0 Å². The number of amides is 2. The minimum atomic E-state index is -3.85. The first kappa shape index (κ1) is 35.4. The third-order valence-electron chi connectivity index (χ3n) is 8.59. The lowest BCUT2D eigenvalue weighted by Gasteiger charge is -2.34. The maximum atomic E-state index is 13.6. The van der Waals surface area contributed by atoms with Gasteiger partial charge in [0, 0.05) is 42.4 Å². The van der Waals surface area contributed by atoms with E-state index in [2.05, 4.69) is 14.9 Å². The lowest BCUT2D eigenvalue weighted by atomic mass is 10.0. The summed E-state index contributed by atoms with van der Waals surface area (Å²) in [6, 6.07) is 27.1. The van der Waals surface area contributed by atoms with E-state index in [-0.39, 0.29) is 41.8 Å². The molecule has 258 valence electrons. The van der Waals surface area contributed by atoms with Gasteiger partial charge < -0.3 is 25.8 Å². The van der Waals surface area contributed by atoms with Crippen molar-refractivity contribution in [2.75, 3.05) is 42.5 Å². The third kappa shape index (κ3) is 8.96. The van der Waals surface area contributed by atoms with E-state index < -0.39 is 16.1 Å². The third-order valence-corrected chi connectivity index (χ3v) is 9.99. The van der Waals surface area contributed by atoms with E-state index in [0.717, 1.165) is 5.56 Å². The van der Waals surface area contributed by atoms with Crippen molar-refractivity contribution < 1.29 is 27.9 Å². The second-order valence-electron chi connectivity index (χ2n) is 12.6. The van der Waals surface area contributed by atoms with Crippen molar-refractivity contribution in [1.82, 2.24) is 9.80 Å². The molecule has 0 spiro atoms. The number of ether oxygens (including phenoxy) is 1. The van der Waals surface area contributed by atoms with Crippen molar-refractivity contribution >= 4 is 38.9 Å². The highest BCUT2D eigenvalue weighted by Gasteiger charge is 2.31. The Morgan fingerprint density at radius 1 is 1.04 bits per heavy atom. The number of para-hydroxylation sites is 2. The van der Waals surface area contributed by atoms with E-state index in [1.165, 1.54) is 12.1 Å². The molecule has 0 aromatic heterocycles. The molecule has 0 saturated heterocycles. The van der Waals surface area contributed by atoms with Gasteiger partial charge in [-0.1, -0.05) is 49.4 Å². The lowest BCUT2D eigenvalue weighted by molar-refractivity contribution is -0.134. The molecule has 0 aliphatic carbocycles. The largest absolute Gasteiger partial charge is 0.488 e. The second kappa shape index (κ2) is 15.5. The highest BCUT2D eigenvalue weighted by atomic mass is 32.2. The highest BCUT2D eigenvalue weighted by Crippen LogP contribution is 2.30. The molecule has 1 aliphatic heterocycles. The summed E-state index contributed by atoms with van der Waals surface area (Å²) in [6.45, 7) is 5.07. The van der Waals surface area contributed by atoms with Crippen molar-refractivity contribution in [2.45, 2.75) is 43.9 Å². The molecule has 1 aliphatic rings. The zero-order chi connectivity index (χ0) is 35.1. The first-order chi connectivity index (χ1) is 23.4. The fourth-order valence-corrected chi connectivity index (χ4v) is 6.85. The van der Waals surface area contributed by atoms with Crippen LogP contribution in [-0.2, 0) is 27.8 Å². The first-order valence-corrected chi connectivity index (χ1v) is 17.6. The van der Waals surface area contributed by atoms with Crippen molar-refractivity contribution in [1.29, 1.82) is 0 Å². The number of nitrogens with two attached hydrogens (primary N) is 1. The Balaban J connectivity index is 1.32. The van der Waals surface area contributed by atoms with Gasteiger partial charge >= 0.3 is 0 Å². The number of carbonyl (C=O) groups excluding carboxylic acids is 2. The number of aliphatic hydroxyl groups is 1. The maximum absolute atomic E-state index is 13.6. The van der Waals surface area contributed by atoms with Gasteiger partial charge in [-0.2, -0.15) is 0 Å². The fourth-order valence-electron chi connectivity index (χ4n) is 5.77. The van der Waals surface area contributed by atoms with Gasteiger partial charge in [0.05, 0.1) is 35.3 Å². The van der Waals surface area contributed by atoms with Gasteiger partial charge in [-0.3, -0.25) is 19.2 Å². The number of carbonyl (C=O) groups is 2. The molecular formula is C37H43N5O6S. The molecule has 12 heteroatoms. The van der Waals surface area contributed by atoms with Gasteiger partial charge in [-0.15, -0.1) is 0 Å². The molecule has 0 bridgehead atoms. The number of likely N-dealkylation sites (N-methyl/N-ethyl adjacent to an activating group) is 1. The Labute approximate surface area is 287 Å². The van der Waals surface area contributed by atoms with Crippen molar-refractivity contribution in [2.24, 2.45) is 5.92 Å². The van der Waals surface area contributed by atoms with E-state index in [1.807, 2.05) is 32.2 Å². The number of hydrogen-bond acceptors (Lipinski definition) is 8. The molecule has 49 heavy (non-hydrogen) atoms. The molecule has 0 radical (unpaired) electrons. The monoisotopic (exact) mass is 685 g/mol. The molecule has 2 amide bonds. The summed E-state index contributed by atoms with van der Waals surface area (Å²) in [5.41, 5.74) is 9.37. The molecule has 1 heterocycles. The number of hydrogen-bond donors (Lipinski definition) is 4. The topological polar surface area (TPSA) is 154 Å². The summed E-state index contributed by atoms with van der Waals surface area (Å²) in [5.74, 6) is -0.0563. The molecular weight excluding hydrogens is 643 g/mol. The molecule has 0 saturated carbocycles. The number of nitrogens with one attached hydrogen (secondary N) is 2. The molecule has 4 aromatic carbocycles. The van der Waals surface area contributed by atoms with Crippen LogP contribution in [0.25, 0.3) is 0 Å². The fraction of sp³-hybridized carbons (Fsp3) is 0.297. The van der Waals surface area contributed by atoms with Crippen LogP contribution in [0.15, 0.2) is 102 Å². The van der Waals surface area contributed by atoms with Crippen LogP contribution < -0.4 is 20.5 Å². The number of anilines is 3. The molecule has 0 unspecified atom stereocenters. The summed E-state index contributed by atoms with van der Waals surface area (Å²) in [4.78, 5) is 30.3. The van der Waals surface area contributed by atoms with E-state index in [4.69, 9.17) is 10.5 Å². The van der Waals surface area contributed by atoms with Gasteiger partial charge in [0.1, 0.15) is 11.9 Å². The molecule has 11 nitrogen and oxygen atoms in total. The van der Waals surface area contributed by atoms with E-state index in [1.54, 1.807) is 78.6 Å². The van der Waals surface area contributed by atoms with Crippen LogP contribution in [0.3, 0.4) is 0 Å². The minimum absolute atomic E-state index is 0.0212. The number of nitrogen functional groups attached to an aromatic ring is 1. The lowest BCUT2D eigenvalue weighted by Crippen LogP contribution is -2.47. The average molecular weight is 686 g/mol. The number of benzene rings is 4. The Morgan fingerprint density at radius 3 is 2.43 bits per heavy atom. The molecule has 3 atom stereocenters. The predicted octanol–water partition coefficient (Wildman–Crippen LogP) is 4.60. The molecule has 4 aromatic rings. The highest BCUT2D eigenvalue weighted by molar-refractivity contribution is 7.92. The van der Waals surface area contributed by atoms with Gasteiger partial charge in [0.2, 0.25) is 5.91 Å². The van der Waals surface area contributed by atoms with Gasteiger partial charge in [0.25, 0.3) is 15.9 Å². The van der Waals surface area contributed by atoms with E-state index in [0.29, 0.717) is 53.6 Å². The zero-order valence-corrected chi connectivity index (χ0v) is 28.7. The summed E-state index contributed by atoms with van der Waals surface area (Å²) in [5, 5.41) is 12.8. The van der Waals surface area contributed by atoms with Crippen LogP contribution in [0.1, 0.15) is 35.3 Å². The number of aliphatic hydroxyl groups excluding tert-OH is 1. The molecule has 0 fully saturated rings. The number of rotatable bonds is 11. The normalized spacial score (nSPS) is 17.2. The van der Waals surface area contributed by atoms with Crippen molar-refractivity contribution in [3.63, 3.8) is 0 Å². The van der Waals surface area contributed by atoms with Crippen molar-refractivity contribution in [3.8, 4) is 5.75 Å². The Hall–Kier alpha value is -4.91. The zero-order valence-electron chi connectivity index (χ0n) is 27.9. The van der Waals surface area contributed by atoms with Crippen LogP contribution in [0.4, 0.5) is 17.1 Å². The summed E-state index contributed by atoms with van der Waals surface area (Å²) >= 11 is 0. The summed E-state index contributed by atoms with van der Waals surface area (Å²) in [7, 11) is -1.87. The average Bonchev–Trinajstić information content (AvgIpc) is 3.13. The second-order valence-corrected chi connectivity index (χ2v) is 14.2. The van der Waals surface area contributed by atoms with Crippen LogP contribution in [0.5, 0.6) is 5.75 Å². The van der Waals surface area contributed by atoms with Crippen LogP contribution in [0, 0.1) is 5.92 Å². The summed E-state index contributed by atoms with van der Waals surface area (Å²) in [6.07, 6.45) is -0.372. The van der Waals surface area contributed by atoms with Crippen LogP contribution in [-0.4, -0.2) is 74.0 Å². The van der Waals surface area contributed by atoms with E-state index in [9.17, 15) is 23.1 Å². The van der Waals surface area contributed by atoms with Crippen molar-refractivity contribution in [3.05, 3.63) is 114 Å². The standard InChI is InChI=1S/C37H43N5O6S/c1-25-21-42(26(2)24-43)36(44)20-29-19-30(40-49(46,47)31-9-5-4-6-10-31)17-18-34(29)48-35(25)23-41(3)22-27-13-15-28(16-14-27)37(45)39-33-12-8-7-11-32(33)38/h4-19,25-26,35,40,43H,20-24,38H2,1-3H3,(H,39,45)/t25-,26+,35-/m1/s1. The predicted molar refractivity (Wildman–Crippen MR) is 191 cm³/mol. The Bertz CT molecular complexity index is 1870. The smallest absolute Gasteiger partial charge is 0.261 e. The quantitative estimate of drug-likeness (QED) is 0.167. The summed E-state index contributed by atoms with van der Waals surface area (Å²) < 4.78 is 35.3. The molecule has 5 rings (SSSR count). The number of nitrogens with zero attached hydrogens (tertiary/aromatic N) is 2. The van der Waals surface area contributed by atoms with Gasteiger partial charge in [0.15, 0.2) is 0 Å². The Morgan fingerprint density at radius 2 is 1.73 bits per heavy atom. The van der Waals surface area contributed by atoms with Gasteiger partial charge in [-0.05, 0) is 74.1 Å². The molecule has 5 N–H and O–H groups in total. The first-order valence-electron chi connectivity index (χ1n) is 16.1. The number of fused-ring (bicyclic) bond motifs is 1. The van der Waals surface area contributed by atoms with E-state index >= 15 is 0 Å². The minimum Gasteiger partial charge on any atom is -0.488 e. The SMILES string of the molecule is C[C@@H]1CN([C@@H](C)CO)C(=O)Cc2cc(NS(=O)(=O)c3ccccc3)ccc2O[C@@H]1CN(C)Cc1ccc(C(=O)Nc2ccccc2N)cc1. The Kier molecular flexibility index (Phi) is 11.2. The maximum Gasteiger partial charge on any atom is 0.261 e. The van der Waals surface area contributed by atoms with Gasteiger partial charge in [-0.25, -0.2) is 8.42 Å².